The molecule has 0 bridgehead atoms. The number of hydrogen-bond donors (Lipinski definition) is 1. The molecule has 1 aliphatic heterocycles. The summed E-state index contributed by atoms with van der Waals surface area (Å²) in [4.78, 5) is 32.5. The number of esters is 1. The highest BCUT2D eigenvalue weighted by molar-refractivity contribution is 6.00. The van der Waals surface area contributed by atoms with Crippen LogP contribution in [0.25, 0.3) is 16.9 Å². The van der Waals surface area contributed by atoms with Gasteiger partial charge in [0.15, 0.2) is 17.2 Å². The van der Waals surface area contributed by atoms with E-state index in [-0.39, 0.29) is 28.0 Å². The topological polar surface area (TPSA) is 103 Å². The standard InChI is InChI=1S/C20H15F6N5O3/c1-8(2)31-16(32)10-4-3-9(5-11(10)17(31)34-18(33)20(24,25)26)12-6-28-15-14(27)29-13(7-30(12)15)19(21,22)23/h3-8,17H,1-2H3,(H2,27,29). The van der Waals surface area contributed by atoms with Gasteiger partial charge in [0.1, 0.15) is 0 Å². The lowest BCUT2D eigenvalue weighted by molar-refractivity contribution is -0.211. The Bertz CT molecular complexity index is 1310. The molecular formula is C20H15F6N5O3. The highest BCUT2D eigenvalue weighted by atomic mass is 19.4. The maximum atomic E-state index is 13.2. The molecule has 0 aliphatic carbocycles. The third-order valence-electron chi connectivity index (χ3n) is 5.15. The highest BCUT2D eigenvalue weighted by Gasteiger charge is 2.47. The molecule has 4 rings (SSSR count). The van der Waals surface area contributed by atoms with Gasteiger partial charge in [0, 0.05) is 28.9 Å². The van der Waals surface area contributed by atoms with Crippen molar-refractivity contribution in [2.75, 3.05) is 5.73 Å². The SMILES string of the molecule is CC(C)N1C(=O)c2ccc(-c3cnc4c(N)nc(C(F)(F)F)cn34)cc2C1OC(=O)C(F)(F)F. The molecule has 1 unspecified atom stereocenters. The second-order valence-corrected chi connectivity index (χ2v) is 7.71. The zero-order valence-corrected chi connectivity index (χ0v) is 17.4. The van der Waals surface area contributed by atoms with Crippen LogP contribution in [-0.2, 0) is 15.7 Å². The molecule has 0 fully saturated rings. The van der Waals surface area contributed by atoms with E-state index in [0.29, 0.717) is 6.20 Å². The molecule has 2 aromatic heterocycles. The number of fused-ring (bicyclic) bond motifs is 2. The molecule has 180 valence electrons. The van der Waals surface area contributed by atoms with Crippen molar-refractivity contribution >= 4 is 23.3 Å². The molecule has 1 aromatic carbocycles. The Balaban J connectivity index is 1.85. The molecule has 8 nitrogen and oxygen atoms in total. The van der Waals surface area contributed by atoms with Gasteiger partial charge in [0.05, 0.1) is 11.9 Å². The van der Waals surface area contributed by atoms with E-state index in [1.807, 2.05) is 0 Å². The molecule has 0 saturated carbocycles. The Morgan fingerprint density at radius 1 is 1.18 bits per heavy atom. The van der Waals surface area contributed by atoms with E-state index in [1.54, 1.807) is 0 Å². The van der Waals surface area contributed by atoms with Crippen LogP contribution in [0.5, 0.6) is 0 Å². The molecule has 1 aliphatic rings. The lowest BCUT2D eigenvalue weighted by atomic mass is 10.0. The summed E-state index contributed by atoms with van der Waals surface area (Å²) in [5, 5.41) is 0. The molecule has 1 amide bonds. The summed E-state index contributed by atoms with van der Waals surface area (Å²) < 4.78 is 83.9. The number of imidazole rings is 1. The minimum atomic E-state index is -5.30. The number of nitrogen functional groups attached to an aromatic ring is 1. The number of rotatable bonds is 3. The molecule has 3 heterocycles. The van der Waals surface area contributed by atoms with Crippen LogP contribution in [0.2, 0.25) is 0 Å². The van der Waals surface area contributed by atoms with Crippen molar-refractivity contribution < 1.29 is 40.7 Å². The lowest BCUT2D eigenvalue weighted by Crippen LogP contribution is -2.38. The number of ether oxygens (including phenoxy) is 1. The monoisotopic (exact) mass is 487 g/mol. The fourth-order valence-electron chi connectivity index (χ4n) is 3.67. The van der Waals surface area contributed by atoms with Crippen molar-refractivity contribution in [1.29, 1.82) is 0 Å². The Morgan fingerprint density at radius 3 is 2.44 bits per heavy atom. The van der Waals surface area contributed by atoms with E-state index in [1.165, 1.54) is 38.2 Å². The van der Waals surface area contributed by atoms with Crippen molar-refractivity contribution in [2.24, 2.45) is 0 Å². The summed E-state index contributed by atoms with van der Waals surface area (Å²) in [6.07, 6.45) is -9.92. The first-order valence-corrected chi connectivity index (χ1v) is 9.65. The number of amides is 1. The van der Waals surface area contributed by atoms with Gasteiger partial charge in [0.2, 0.25) is 6.23 Å². The molecule has 0 spiro atoms. The van der Waals surface area contributed by atoms with Crippen molar-refractivity contribution in [3.63, 3.8) is 0 Å². The van der Waals surface area contributed by atoms with Crippen LogP contribution in [0, 0.1) is 0 Å². The summed E-state index contributed by atoms with van der Waals surface area (Å²) in [6.45, 7) is 3.05. The van der Waals surface area contributed by atoms with Crippen LogP contribution >= 0.6 is 0 Å². The van der Waals surface area contributed by atoms with E-state index in [9.17, 15) is 35.9 Å². The van der Waals surface area contributed by atoms with E-state index < -0.39 is 48.0 Å². The summed E-state index contributed by atoms with van der Waals surface area (Å²) in [6, 6.07) is 3.30. The Kier molecular flexibility index (Phi) is 5.21. The Hall–Kier alpha value is -3.84. The Morgan fingerprint density at radius 2 is 1.85 bits per heavy atom. The number of hydrogen-bond acceptors (Lipinski definition) is 6. The van der Waals surface area contributed by atoms with Gasteiger partial charge >= 0.3 is 18.3 Å². The van der Waals surface area contributed by atoms with Crippen LogP contribution in [-0.4, -0.2) is 43.4 Å². The molecule has 3 aromatic rings. The minimum absolute atomic E-state index is 0.0107. The van der Waals surface area contributed by atoms with E-state index in [2.05, 4.69) is 14.7 Å². The van der Waals surface area contributed by atoms with Crippen molar-refractivity contribution in [1.82, 2.24) is 19.3 Å². The average Bonchev–Trinajstić information content (AvgIpc) is 3.26. The minimum Gasteiger partial charge on any atom is -0.430 e. The molecule has 1 atom stereocenters. The number of aromatic nitrogens is 3. The molecule has 2 N–H and O–H groups in total. The number of benzene rings is 1. The molecule has 0 radical (unpaired) electrons. The third kappa shape index (κ3) is 3.78. The van der Waals surface area contributed by atoms with Gasteiger partial charge in [-0.2, -0.15) is 26.3 Å². The van der Waals surface area contributed by atoms with Gasteiger partial charge in [-0.05, 0) is 26.0 Å². The highest BCUT2D eigenvalue weighted by Crippen LogP contribution is 2.40. The normalized spacial score (nSPS) is 16.4. The van der Waals surface area contributed by atoms with E-state index >= 15 is 0 Å². The van der Waals surface area contributed by atoms with Gasteiger partial charge < -0.3 is 10.5 Å². The fourth-order valence-corrected chi connectivity index (χ4v) is 3.67. The molecular weight excluding hydrogens is 472 g/mol. The summed E-state index contributed by atoms with van der Waals surface area (Å²) in [5.41, 5.74) is 4.47. The van der Waals surface area contributed by atoms with Crippen LogP contribution < -0.4 is 5.73 Å². The van der Waals surface area contributed by atoms with Crippen LogP contribution in [0.3, 0.4) is 0 Å². The average molecular weight is 487 g/mol. The predicted octanol–water partition coefficient (Wildman–Crippen LogP) is 3.97. The smallest absolute Gasteiger partial charge is 0.430 e. The third-order valence-corrected chi connectivity index (χ3v) is 5.15. The van der Waals surface area contributed by atoms with Crippen molar-refractivity contribution in [2.45, 2.75) is 38.5 Å². The number of nitrogens with two attached hydrogens (primary N) is 1. The van der Waals surface area contributed by atoms with Crippen LogP contribution in [0.4, 0.5) is 32.2 Å². The Labute approximate surface area is 186 Å². The maximum absolute atomic E-state index is 13.2. The second-order valence-electron chi connectivity index (χ2n) is 7.71. The van der Waals surface area contributed by atoms with Crippen molar-refractivity contribution in [3.05, 3.63) is 47.4 Å². The van der Waals surface area contributed by atoms with Gasteiger partial charge in [-0.3, -0.25) is 14.1 Å². The fraction of sp³-hybridized carbons (Fsp3) is 0.300. The number of halogens is 6. The van der Waals surface area contributed by atoms with E-state index in [4.69, 9.17) is 5.73 Å². The second kappa shape index (κ2) is 7.60. The lowest BCUT2D eigenvalue weighted by Gasteiger charge is -2.28. The van der Waals surface area contributed by atoms with E-state index in [0.717, 1.165) is 9.30 Å². The molecule has 14 heteroatoms. The van der Waals surface area contributed by atoms with Crippen LogP contribution in [0.15, 0.2) is 30.6 Å². The summed E-state index contributed by atoms with van der Waals surface area (Å²) in [5.74, 6) is -3.64. The van der Waals surface area contributed by atoms with Gasteiger partial charge in [-0.25, -0.2) is 14.8 Å². The number of anilines is 1. The first kappa shape index (κ1) is 23.3. The quantitative estimate of drug-likeness (QED) is 0.443. The van der Waals surface area contributed by atoms with Gasteiger partial charge in [-0.1, -0.05) is 6.07 Å². The number of carbonyl (C=O) groups excluding carboxylic acids is 2. The van der Waals surface area contributed by atoms with Gasteiger partial charge in [0.25, 0.3) is 5.91 Å². The first-order valence-electron chi connectivity index (χ1n) is 9.65. The van der Waals surface area contributed by atoms with Gasteiger partial charge in [-0.15, -0.1) is 0 Å². The number of carbonyl (C=O) groups is 2. The van der Waals surface area contributed by atoms with Crippen LogP contribution in [0.1, 0.15) is 41.7 Å². The number of alkyl halides is 6. The summed E-state index contributed by atoms with van der Waals surface area (Å²) >= 11 is 0. The zero-order chi connectivity index (χ0) is 25.2. The number of nitrogens with zero attached hydrogens (tertiary/aromatic N) is 4. The first-order chi connectivity index (χ1) is 15.7. The zero-order valence-electron chi connectivity index (χ0n) is 17.4. The summed E-state index contributed by atoms with van der Waals surface area (Å²) in [7, 11) is 0. The molecule has 0 saturated heterocycles. The molecule has 34 heavy (non-hydrogen) atoms. The predicted molar refractivity (Wildman–Crippen MR) is 104 cm³/mol. The largest absolute Gasteiger partial charge is 0.491 e. The van der Waals surface area contributed by atoms with Crippen molar-refractivity contribution in [3.8, 4) is 11.3 Å². The maximum Gasteiger partial charge on any atom is 0.491 e.